The van der Waals surface area contributed by atoms with Crippen LogP contribution in [0.5, 0.6) is 5.75 Å². The third-order valence-corrected chi connectivity index (χ3v) is 20.6. The fourth-order valence-electron chi connectivity index (χ4n) is 14.1. The van der Waals surface area contributed by atoms with Crippen molar-refractivity contribution in [2.75, 3.05) is 38.7 Å². The maximum Gasteiger partial charge on any atom is 0.357 e. The normalized spacial score (nSPS) is 34.0. The Morgan fingerprint density at radius 2 is 1.52 bits per heavy atom. The SMILES string of the molecule is CCOP(=O)(OCC)C(Nc1ccc(CC(=O)NCCCCNC(=O)[C@@]2(C)CC[C@]3(C)CC[C@]4(C)C(=CC(=O)[C@@H]5[C@@]6(C)CC[C@H](O)C(C)(C)[C@@H]6CC[C@]54C)[C@@H]3C2)cc1)c1cccc(OC)c1. The second-order valence-electron chi connectivity index (χ2n) is 22.5. The molecule has 4 saturated carbocycles. The zero-order valence-corrected chi connectivity index (χ0v) is 42.5. The predicted molar refractivity (Wildman–Crippen MR) is 261 cm³/mol. The number of aliphatic hydroxyl groups excluding tert-OH is 1. The summed E-state index contributed by atoms with van der Waals surface area (Å²) in [5, 5.41) is 20.8. The number of amides is 2. The van der Waals surface area contributed by atoms with Crippen LogP contribution in [0.25, 0.3) is 0 Å². The van der Waals surface area contributed by atoms with E-state index in [1.165, 1.54) is 5.57 Å². The standard InChI is InChI=1S/C54H80N3O8P/c1-11-64-66(62,65-12-2)47(37-16-15-17-39(33-37)63-10)57-38-20-18-36(19-21-38)32-45(60)55-30-13-14-31-56-48(61)51(6)27-26-50(5)28-29-53(8)40(41(50)35-51)34-42(58)46-52(7)24-23-44(59)49(3,4)43(52)22-25-54(46,53)9/h15-21,33-34,41,43-44,46-47,57,59H,11-14,22-32,35H2,1-10H3,(H,55,60)(H,56,61)/t41-,43-,44-,46+,47?,50+,51-,52-,53+,54+/m0/s1. The maximum atomic E-state index is 14.7. The molecular formula is C54H80N3O8P. The van der Waals surface area contributed by atoms with E-state index in [9.17, 15) is 24.1 Å². The molecule has 5 aliphatic rings. The van der Waals surface area contributed by atoms with Crippen molar-refractivity contribution in [3.63, 3.8) is 0 Å². The lowest BCUT2D eigenvalue weighted by atomic mass is 9.33. The van der Waals surface area contributed by atoms with Crippen molar-refractivity contribution >= 4 is 30.9 Å². The van der Waals surface area contributed by atoms with Crippen LogP contribution in [0.3, 0.4) is 0 Å². The number of allylic oxidation sites excluding steroid dienone is 2. The number of nitrogens with one attached hydrogen (secondary N) is 3. The molecular weight excluding hydrogens is 850 g/mol. The Morgan fingerprint density at radius 3 is 2.18 bits per heavy atom. The van der Waals surface area contributed by atoms with Gasteiger partial charge in [0.15, 0.2) is 11.6 Å². The zero-order valence-electron chi connectivity index (χ0n) is 41.6. The van der Waals surface area contributed by atoms with Crippen molar-refractivity contribution in [2.45, 2.75) is 151 Å². The Bertz CT molecular complexity index is 2180. The molecule has 4 fully saturated rings. The Balaban J connectivity index is 0.909. The molecule has 1 unspecified atom stereocenters. The van der Waals surface area contributed by atoms with E-state index in [1.54, 1.807) is 21.0 Å². The molecule has 66 heavy (non-hydrogen) atoms. The van der Waals surface area contributed by atoms with Gasteiger partial charge in [-0.3, -0.25) is 18.9 Å². The van der Waals surface area contributed by atoms with E-state index in [1.807, 2.05) is 48.5 Å². The molecule has 5 aliphatic carbocycles. The fraction of sp³-hybridized carbons (Fsp3) is 0.685. The number of methoxy groups -OCH3 is 1. The van der Waals surface area contributed by atoms with Crippen LogP contribution in [-0.2, 0) is 34.4 Å². The number of rotatable bonds is 17. The summed E-state index contributed by atoms with van der Waals surface area (Å²) < 4.78 is 30.9. The minimum atomic E-state index is -3.62. The van der Waals surface area contributed by atoms with E-state index in [0.717, 1.165) is 76.2 Å². The molecule has 364 valence electrons. The highest BCUT2D eigenvalue weighted by atomic mass is 31.2. The van der Waals surface area contributed by atoms with Crippen LogP contribution in [-0.4, -0.2) is 62.2 Å². The summed E-state index contributed by atoms with van der Waals surface area (Å²) in [6.45, 7) is 21.3. The highest BCUT2D eigenvalue weighted by Gasteiger charge is 2.70. The number of anilines is 1. The van der Waals surface area contributed by atoms with Gasteiger partial charge in [0, 0.05) is 30.1 Å². The summed E-state index contributed by atoms with van der Waals surface area (Å²) >= 11 is 0. The van der Waals surface area contributed by atoms with E-state index >= 15 is 0 Å². The lowest BCUT2D eigenvalue weighted by Crippen LogP contribution is -2.66. The van der Waals surface area contributed by atoms with Crippen LogP contribution < -0.4 is 20.7 Å². The van der Waals surface area contributed by atoms with Crippen LogP contribution in [0.2, 0.25) is 0 Å². The van der Waals surface area contributed by atoms with Gasteiger partial charge in [-0.25, -0.2) is 0 Å². The first-order valence-electron chi connectivity index (χ1n) is 25.0. The summed E-state index contributed by atoms with van der Waals surface area (Å²) in [6.07, 6.45) is 11.8. The average Bonchev–Trinajstić information content (AvgIpc) is 3.27. The number of carbonyl (C=O) groups excluding carboxylic acids is 3. The van der Waals surface area contributed by atoms with Crippen molar-refractivity contribution in [3.05, 3.63) is 71.3 Å². The molecule has 10 atom stereocenters. The van der Waals surface area contributed by atoms with Crippen LogP contribution in [0, 0.1) is 50.2 Å². The van der Waals surface area contributed by atoms with Gasteiger partial charge in [-0.1, -0.05) is 78.3 Å². The highest BCUT2D eigenvalue weighted by molar-refractivity contribution is 7.54. The monoisotopic (exact) mass is 930 g/mol. The average molecular weight is 930 g/mol. The van der Waals surface area contributed by atoms with E-state index in [4.69, 9.17) is 13.8 Å². The number of hydrogen-bond acceptors (Lipinski definition) is 9. The van der Waals surface area contributed by atoms with Crippen molar-refractivity contribution < 1.29 is 37.8 Å². The first-order chi connectivity index (χ1) is 31.1. The van der Waals surface area contributed by atoms with Gasteiger partial charge < -0.3 is 34.8 Å². The second kappa shape index (κ2) is 19.1. The molecule has 0 saturated heterocycles. The lowest BCUT2D eigenvalue weighted by molar-refractivity contribution is -0.202. The van der Waals surface area contributed by atoms with E-state index in [0.29, 0.717) is 36.0 Å². The highest BCUT2D eigenvalue weighted by Crippen LogP contribution is 2.75. The van der Waals surface area contributed by atoms with Crippen molar-refractivity contribution in [2.24, 2.45) is 50.2 Å². The van der Waals surface area contributed by atoms with Crippen LogP contribution >= 0.6 is 7.60 Å². The molecule has 0 heterocycles. The molecule has 2 aromatic rings. The lowest BCUT2D eigenvalue weighted by Gasteiger charge is -2.70. The number of benzene rings is 2. The number of carbonyl (C=O) groups is 3. The van der Waals surface area contributed by atoms with Crippen molar-refractivity contribution in [1.82, 2.24) is 10.6 Å². The summed E-state index contributed by atoms with van der Waals surface area (Å²) in [7, 11) is -2.04. The largest absolute Gasteiger partial charge is 0.497 e. The number of fused-ring (bicyclic) bond motifs is 7. The van der Waals surface area contributed by atoms with Gasteiger partial charge in [-0.15, -0.1) is 0 Å². The second-order valence-corrected chi connectivity index (χ2v) is 24.6. The molecule has 4 N–H and O–H groups in total. The van der Waals surface area contributed by atoms with Crippen molar-refractivity contribution in [1.29, 1.82) is 0 Å². The zero-order chi connectivity index (χ0) is 47.9. The molecule has 0 aromatic heterocycles. The van der Waals surface area contributed by atoms with Crippen LogP contribution in [0.1, 0.15) is 150 Å². The Labute approximate surface area is 395 Å². The molecule has 0 radical (unpaired) electrons. The quantitative estimate of drug-likeness (QED) is 0.0897. The summed E-state index contributed by atoms with van der Waals surface area (Å²) in [5.41, 5.74) is 2.43. The van der Waals surface area contributed by atoms with Crippen molar-refractivity contribution in [3.8, 4) is 5.75 Å². The van der Waals surface area contributed by atoms with E-state index < -0.39 is 18.8 Å². The Hall–Kier alpha value is -3.50. The van der Waals surface area contributed by atoms with Gasteiger partial charge in [0.1, 0.15) is 5.75 Å². The van der Waals surface area contributed by atoms with Gasteiger partial charge in [0.25, 0.3) is 0 Å². The van der Waals surface area contributed by atoms with Gasteiger partial charge in [0.2, 0.25) is 11.8 Å². The van der Waals surface area contributed by atoms with Crippen LogP contribution in [0.15, 0.2) is 60.2 Å². The summed E-state index contributed by atoms with van der Waals surface area (Å²) in [6, 6.07) is 14.8. The van der Waals surface area contributed by atoms with Gasteiger partial charge in [0.05, 0.1) is 32.8 Å². The summed E-state index contributed by atoms with van der Waals surface area (Å²) in [5.74, 6) is 0.559. The Morgan fingerprint density at radius 1 is 0.848 bits per heavy atom. The fourth-order valence-corrected chi connectivity index (χ4v) is 16.0. The molecule has 12 heteroatoms. The topological polar surface area (TPSA) is 152 Å². The molecule has 7 rings (SSSR count). The van der Waals surface area contributed by atoms with Gasteiger partial charge in [-0.05, 0) is 165 Å². The number of hydrogen-bond donors (Lipinski definition) is 4. The van der Waals surface area contributed by atoms with E-state index in [-0.39, 0.29) is 82.2 Å². The molecule has 0 bridgehead atoms. The minimum absolute atomic E-state index is 0.0590. The number of ether oxygens (including phenoxy) is 1. The first-order valence-corrected chi connectivity index (χ1v) is 26.6. The third kappa shape index (κ3) is 9.09. The molecule has 2 aromatic carbocycles. The predicted octanol–water partition coefficient (Wildman–Crippen LogP) is 11.0. The van der Waals surface area contributed by atoms with Gasteiger partial charge in [-0.2, -0.15) is 0 Å². The van der Waals surface area contributed by atoms with Gasteiger partial charge >= 0.3 is 7.60 Å². The molecule has 11 nitrogen and oxygen atoms in total. The Kier molecular flexibility index (Phi) is 14.6. The summed E-state index contributed by atoms with van der Waals surface area (Å²) in [4.78, 5) is 41.8. The molecule has 0 aliphatic heterocycles. The molecule has 2 amide bonds. The maximum absolute atomic E-state index is 14.7. The number of unbranched alkanes of at least 4 members (excludes halogenated alkanes) is 1. The van der Waals surface area contributed by atoms with Crippen LogP contribution in [0.4, 0.5) is 5.69 Å². The van der Waals surface area contributed by atoms with E-state index in [2.05, 4.69) is 70.5 Å². The molecule has 0 spiro atoms. The number of aliphatic hydroxyl groups is 1. The third-order valence-electron chi connectivity index (χ3n) is 18.3. The first kappa shape index (κ1) is 50.4. The minimum Gasteiger partial charge on any atom is -0.497 e. The number of ketones is 1. The smallest absolute Gasteiger partial charge is 0.357 e.